The van der Waals surface area contributed by atoms with E-state index in [-0.39, 0.29) is 24.2 Å². The van der Waals surface area contributed by atoms with E-state index < -0.39 is 11.8 Å². The average molecular weight is 568 g/mol. The van der Waals surface area contributed by atoms with Gasteiger partial charge in [0.1, 0.15) is 28.2 Å². The van der Waals surface area contributed by atoms with E-state index in [0.717, 1.165) is 62.8 Å². The molecule has 0 saturated carbocycles. The van der Waals surface area contributed by atoms with Crippen molar-refractivity contribution in [2.24, 2.45) is 0 Å². The molecule has 6 rings (SSSR count). The maximum atomic E-state index is 12.4. The fourth-order valence-electron chi connectivity index (χ4n) is 4.62. The summed E-state index contributed by atoms with van der Waals surface area (Å²) < 4.78 is 6.18. The van der Waals surface area contributed by atoms with Crippen LogP contribution in [0.4, 0.5) is 5.82 Å². The SMILES string of the molecule is CC1=C(Nc2nc(-c3cccs3)nc3sc(-c4ccc(OC5CCNCC5)cc4)c(C)c23)C(=O)NC1=O.Cl. The normalized spacial score (nSPS) is 16.1. The highest BCUT2D eigenvalue weighted by Crippen LogP contribution is 2.42. The Bertz CT molecular complexity index is 1540. The molecule has 1 aromatic carbocycles. The van der Waals surface area contributed by atoms with Crippen LogP contribution in [0, 0.1) is 6.92 Å². The van der Waals surface area contributed by atoms with E-state index >= 15 is 0 Å². The molecule has 0 bridgehead atoms. The minimum atomic E-state index is -0.454. The summed E-state index contributed by atoms with van der Waals surface area (Å²) in [5.74, 6) is 1.11. The van der Waals surface area contributed by atoms with Crippen LogP contribution in [0.25, 0.3) is 31.4 Å². The second-order valence-corrected chi connectivity index (χ2v) is 11.1. The standard InChI is InChI=1S/C27H25N5O3S2.ClH/c1-14-20-24(29-21-15(2)25(33)32-26(21)34)30-23(19-4-3-13-36-19)31-27(20)37-22(14)16-5-7-17(8-6-16)35-18-9-11-28-12-10-18;/h3-8,13,18,28H,9-12H2,1-2H3,(H2,29,30,31,32,33,34);1H. The second-order valence-electron chi connectivity index (χ2n) is 9.11. The number of ether oxygens (including phenoxy) is 1. The van der Waals surface area contributed by atoms with Crippen molar-refractivity contribution in [3.63, 3.8) is 0 Å². The fraction of sp³-hybridized carbons (Fsp3) is 0.259. The summed E-state index contributed by atoms with van der Waals surface area (Å²) in [4.78, 5) is 36.9. The van der Waals surface area contributed by atoms with Crippen molar-refractivity contribution < 1.29 is 14.3 Å². The molecule has 2 aliphatic heterocycles. The van der Waals surface area contributed by atoms with E-state index in [2.05, 4.69) is 28.1 Å². The largest absolute Gasteiger partial charge is 0.490 e. The number of benzene rings is 1. The van der Waals surface area contributed by atoms with Gasteiger partial charge in [0.25, 0.3) is 11.8 Å². The first-order chi connectivity index (χ1) is 18.0. The maximum absolute atomic E-state index is 12.4. The number of aromatic nitrogens is 2. The zero-order chi connectivity index (χ0) is 25.5. The molecular formula is C27H26ClN5O3S2. The van der Waals surface area contributed by atoms with Crippen LogP contribution >= 0.6 is 35.1 Å². The number of carbonyl (C=O) groups is 2. The van der Waals surface area contributed by atoms with Crippen LogP contribution < -0.4 is 20.7 Å². The molecule has 0 spiro atoms. The summed E-state index contributed by atoms with van der Waals surface area (Å²) in [6, 6.07) is 12.1. The lowest BCUT2D eigenvalue weighted by molar-refractivity contribution is -0.124. The number of nitrogens with one attached hydrogen (secondary N) is 3. The van der Waals surface area contributed by atoms with Gasteiger partial charge in [-0.2, -0.15) is 0 Å². The molecule has 0 atom stereocenters. The van der Waals surface area contributed by atoms with E-state index in [1.165, 1.54) is 0 Å². The lowest BCUT2D eigenvalue weighted by atomic mass is 10.1. The van der Waals surface area contributed by atoms with E-state index in [1.807, 2.05) is 36.6 Å². The Morgan fingerprint density at radius 2 is 1.79 bits per heavy atom. The van der Waals surface area contributed by atoms with Crippen LogP contribution in [-0.4, -0.2) is 41.0 Å². The first kappa shape index (κ1) is 26.3. The van der Waals surface area contributed by atoms with Crippen LogP contribution in [0.15, 0.2) is 53.0 Å². The average Bonchev–Trinajstić information content (AvgIpc) is 3.61. The molecule has 5 heterocycles. The van der Waals surface area contributed by atoms with Gasteiger partial charge in [0, 0.05) is 10.5 Å². The summed E-state index contributed by atoms with van der Waals surface area (Å²) >= 11 is 3.13. The smallest absolute Gasteiger partial charge is 0.275 e. The molecule has 3 N–H and O–H groups in total. The van der Waals surface area contributed by atoms with Gasteiger partial charge in [-0.15, -0.1) is 35.1 Å². The van der Waals surface area contributed by atoms with E-state index in [4.69, 9.17) is 14.7 Å². The fourth-order valence-corrected chi connectivity index (χ4v) is 6.47. The molecule has 2 amide bonds. The van der Waals surface area contributed by atoms with Crippen molar-refractivity contribution in [1.29, 1.82) is 0 Å². The van der Waals surface area contributed by atoms with Crippen molar-refractivity contribution >= 4 is 62.9 Å². The van der Waals surface area contributed by atoms with Crippen molar-refractivity contribution in [3.05, 3.63) is 58.6 Å². The molecule has 196 valence electrons. The van der Waals surface area contributed by atoms with Gasteiger partial charge in [-0.1, -0.05) is 6.07 Å². The van der Waals surface area contributed by atoms with E-state index in [1.54, 1.807) is 29.6 Å². The molecule has 0 radical (unpaired) electrons. The summed E-state index contributed by atoms with van der Waals surface area (Å²) in [5.41, 5.74) is 2.63. The molecule has 1 saturated heterocycles. The van der Waals surface area contributed by atoms with Crippen LogP contribution in [0.3, 0.4) is 0 Å². The molecule has 3 aromatic heterocycles. The third kappa shape index (κ3) is 4.92. The zero-order valence-electron chi connectivity index (χ0n) is 20.8. The molecule has 1 fully saturated rings. The van der Waals surface area contributed by atoms with Gasteiger partial charge in [0.05, 0.1) is 10.3 Å². The number of anilines is 1. The number of aryl methyl sites for hydroxylation is 1. The van der Waals surface area contributed by atoms with Crippen LogP contribution in [0.5, 0.6) is 5.75 Å². The maximum Gasteiger partial charge on any atom is 0.275 e. The summed E-state index contributed by atoms with van der Waals surface area (Å²) in [6.45, 7) is 5.64. The predicted molar refractivity (Wildman–Crippen MR) is 154 cm³/mol. The minimum absolute atomic E-state index is 0. The van der Waals surface area contributed by atoms with Crippen LogP contribution in [-0.2, 0) is 9.59 Å². The van der Waals surface area contributed by atoms with Gasteiger partial charge in [0.2, 0.25) is 0 Å². The lowest BCUT2D eigenvalue weighted by Crippen LogP contribution is -2.34. The Morgan fingerprint density at radius 1 is 1.03 bits per heavy atom. The Hall–Kier alpha value is -3.31. The number of piperidine rings is 1. The molecule has 4 aromatic rings. The number of rotatable bonds is 6. The Labute approximate surface area is 233 Å². The first-order valence-electron chi connectivity index (χ1n) is 12.1. The number of imide groups is 1. The van der Waals surface area contributed by atoms with E-state index in [9.17, 15) is 9.59 Å². The van der Waals surface area contributed by atoms with Gasteiger partial charge in [0.15, 0.2) is 5.82 Å². The number of hydrogen-bond donors (Lipinski definition) is 3. The highest BCUT2D eigenvalue weighted by molar-refractivity contribution is 7.22. The summed E-state index contributed by atoms with van der Waals surface area (Å²) in [5, 5.41) is 11.7. The number of halogens is 1. The molecule has 0 unspecified atom stereocenters. The van der Waals surface area contributed by atoms with Gasteiger partial charge in [-0.3, -0.25) is 14.9 Å². The molecular weight excluding hydrogens is 542 g/mol. The highest BCUT2D eigenvalue weighted by Gasteiger charge is 2.29. The van der Waals surface area contributed by atoms with Crippen LogP contribution in [0.2, 0.25) is 0 Å². The van der Waals surface area contributed by atoms with Crippen molar-refractivity contribution in [2.45, 2.75) is 32.8 Å². The van der Waals surface area contributed by atoms with Crippen molar-refractivity contribution in [1.82, 2.24) is 20.6 Å². The monoisotopic (exact) mass is 567 g/mol. The van der Waals surface area contributed by atoms with Gasteiger partial charge in [-0.25, -0.2) is 9.97 Å². The number of carbonyl (C=O) groups excluding carboxylic acids is 2. The molecule has 8 nitrogen and oxygen atoms in total. The minimum Gasteiger partial charge on any atom is -0.490 e. The number of thiophene rings is 2. The van der Waals surface area contributed by atoms with Gasteiger partial charge >= 0.3 is 0 Å². The Kier molecular flexibility index (Phi) is 7.49. The quantitative estimate of drug-likeness (QED) is 0.272. The van der Waals surface area contributed by atoms with E-state index in [0.29, 0.717) is 17.2 Å². The van der Waals surface area contributed by atoms with Crippen LogP contribution in [0.1, 0.15) is 25.3 Å². The third-order valence-corrected chi connectivity index (χ3v) is 8.75. The third-order valence-electron chi connectivity index (χ3n) is 6.65. The van der Waals surface area contributed by atoms with Crippen molar-refractivity contribution in [2.75, 3.05) is 18.4 Å². The molecule has 38 heavy (non-hydrogen) atoms. The predicted octanol–water partition coefficient (Wildman–Crippen LogP) is 5.29. The number of fused-ring (bicyclic) bond motifs is 1. The zero-order valence-corrected chi connectivity index (χ0v) is 23.2. The number of nitrogens with zero attached hydrogens (tertiary/aromatic N) is 2. The number of hydrogen-bond acceptors (Lipinski definition) is 9. The van der Waals surface area contributed by atoms with Gasteiger partial charge < -0.3 is 15.4 Å². The Morgan fingerprint density at radius 3 is 2.45 bits per heavy atom. The molecule has 2 aliphatic rings. The summed E-state index contributed by atoms with van der Waals surface area (Å²) in [7, 11) is 0. The topological polar surface area (TPSA) is 105 Å². The molecule has 0 aliphatic carbocycles. The second kappa shape index (κ2) is 10.8. The summed E-state index contributed by atoms with van der Waals surface area (Å²) in [6.07, 6.45) is 2.27. The van der Waals surface area contributed by atoms with Crippen molar-refractivity contribution in [3.8, 4) is 26.9 Å². The van der Waals surface area contributed by atoms with Gasteiger partial charge in [-0.05, 0) is 86.6 Å². The number of amides is 2. The lowest BCUT2D eigenvalue weighted by Gasteiger charge is -2.23. The Balaban J connectivity index is 0.00000294. The first-order valence-corrected chi connectivity index (χ1v) is 13.8. The highest BCUT2D eigenvalue weighted by atomic mass is 35.5. The molecule has 11 heteroatoms.